The van der Waals surface area contributed by atoms with Gasteiger partial charge in [-0.2, -0.15) is 13.2 Å². The van der Waals surface area contributed by atoms with E-state index in [-0.39, 0.29) is 12.3 Å². The van der Waals surface area contributed by atoms with Crippen molar-refractivity contribution in [3.8, 4) is 0 Å². The lowest BCUT2D eigenvalue weighted by Crippen LogP contribution is -2.66. The number of hydrogen-bond acceptors (Lipinski definition) is 5. The summed E-state index contributed by atoms with van der Waals surface area (Å²) in [7, 11) is 0. The van der Waals surface area contributed by atoms with Crippen molar-refractivity contribution >= 4 is 23.6 Å². The molecule has 3 atom stereocenters. The first-order valence-corrected chi connectivity index (χ1v) is 10.6. The number of alkyl halides is 3. The van der Waals surface area contributed by atoms with Crippen molar-refractivity contribution in [2.24, 2.45) is 0 Å². The first kappa shape index (κ1) is 22.8. The Morgan fingerprint density at radius 1 is 1.33 bits per heavy atom. The Balaban J connectivity index is 1.66. The minimum absolute atomic E-state index is 0.0257. The molecule has 2 aliphatic rings. The summed E-state index contributed by atoms with van der Waals surface area (Å²) < 4.78 is 51.6. The summed E-state index contributed by atoms with van der Waals surface area (Å²) in [6, 6.07) is 2.11. The molecule has 2 saturated heterocycles. The van der Waals surface area contributed by atoms with E-state index in [1.807, 2.05) is 0 Å². The van der Waals surface area contributed by atoms with E-state index in [4.69, 9.17) is 0 Å². The van der Waals surface area contributed by atoms with Gasteiger partial charge in [0.15, 0.2) is 0 Å². The number of amides is 2. The maximum Gasteiger partial charge on any atom is 0.446 e. The highest BCUT2D eigenvalue weighted by atomic mass is 32.2. The quantitative estimate of drug-likeness (QED) is 0.461. The summed E-state index contributed by atoms with van der Waals surface area (Å²) >= 11 is -0.517. The maximum atomic E-state index is 14.1. The van der Waals surface area contributed by atoms with Gasteiger partial charge in [-0.1, -0.05) is 13.0 Å². The predicted molar refractivity (Wildman–Crippen MR) is 104 cm³/mol. The Morgan fingerprint density at radius 2 is 2.03 bits per heavy atom. The minimum atomic E-state index is -4.58. The zero-order valence-electron chi connectivity index (χ0n) is 16.4. The van der Waals surface area contributed by atoms with E-state index in [0.29, 0.717) is 12.0 Å². The Morgan fingerprint density at radius 3 is 2.63 bits per heavy atom. The number of carbonyl (C=O) groups is 2. The smallest absolute Gasteiger partial charge is 0.348 e. The molecule has 0 aromatic heterocycles. The molecule has 0 bridgehead atoms. The van der Waals surface area contributed by atoms with Crippen LogP contribution in [0, 0.1) is 5.82 Å². The zero-order chi connectivity index (χ0) is 21.9. The average Bonchev–Trinajstić information content (AvgIpc) is 3.21. The van der Waals surface area contributed by atoms with Gasteiger partial charge in [-0.05, 0) is 48.7 Å². The number of rotatable bonds is 6. The molecule has 3 N–H and O–H groups in total. The van der Waals surface area contributed by atoms with E-state index in [0.717, 1.165) is 38.1 Å². The lowest BCUT2D eigenvalue weighted by molar-refractivity contribution is -0.134. The summed E-state index contributed by atoms with van der Waals surface area (Å²) in [4.78, 5) is 26.4. The van der Waals surface area contributed by atoms with Gasteiger partial charge in [0.05, 0.1) is 23.4 Å². The van der Waals surface area contributed by atoms with E-state index < -0.39 is 52.3 Å². The van der Waals surface area contributed by atoms with Gasteiger partial charge in [-0.15, -0.1) is 0 Å². The fraction of sp³-hybridized carbons (Fsp3) is 0.579. The molecule has 2 fully saturated rings. The molecule has 1 aromatic rings. The summed E-state index contributed by atoms with van der Waals surface area (Å²) in [5.74, 6) is -1.64. The number of carbonyl (C=O) groups excluding carboxylic acids is 2. The highest BCUT2D eigenvalue weighted by Gasteiger charge is 2.35. The van der Waals surface area contributed by atoms with Crippen molar-refractivity contribution < 1.29 is 27.2 Å². The molecule has 2 heterocycles. The molecule has 30 heavy (non-hydrogen) atoms. The monoisotopic (exact) mass is 448 g/mol. The first-order chi connectivity index (χ1) is 14.2. The topological polar surface area (TPSA) is 73.5 Å². The molecule has 3 rings (SSSR count). The molecule has 0 saturated carbocycles. The number of halogens is 4. The van der Waals surface area contributed by atoms with Crippen LogP contribution in [0.5, 0.6) is 0 Å². The van der Waals surface area contributed by atoms with Crippen LogP contribution in [-0.2, 0) is 9.59 Å². The maximum absolute atomic E-state index is 14.1. The summed E-state index contributed by atoms with van der Waals surface area (Å²) in [5.41, 5.74) is -4.22. The first-order valence-electron chi connectivity index (χ1n) is 9.81. The van der Waals surface area contributed by atoms with E-state index >= 15 is 0 Å². The van der Waals surface area contributed by atoms with Gasteiger partial charge >= 0.3 is 5.51 Å². The van der Waals surface area contributed by atoms with Crippen molar-refractivity contribution in [3.63, 3.8) is 0 Å². The van der Waals surface area contributed by atoms with E-state index in [2.05, 4.69) is 20.9 Å². The molecule has 1 aromatic carbocycles. The van der Waals surface area contributed by atoms with Crippen LogP contribution in [0.2, 0.25) is 0 Å². The van der Waals surface area contributed by atoms with E-state index in [9.17, 15) is 27.2 Å². The molecule has 2 unspecified atom stereocenters. The highest BCUT2D eigenvalue weighted by molar-refractivity contribution is 8.00. The van der Waals surface area contributed by atoms with Crippen molar-refractivity contribution in [2.75, 3.05) is 13.1 Å². The minimum Gasteiger partial charge on any atom is -0.348 e. The van der Waals surface area contributed by atoms with Gasteiger partial charge in [-0.3, -0.25) is 19.8 Å². The third-order valence-corrected chi connectivity index (χ3v) is 5.96. The third-order valence-electron chi connectivity index (χ3n) is 5.18. The van der Waals surface area contributed by atoms with Crippen molar-refractivity contribution in [2.45, 2.75) is 61.4 Å². The van der Waals surface area contributed by atoms with Crippen LogP contribution in [0.1, 0.15) is 44.2 Å². The number of likely N-dealkylation sites (tertiary alicyclic amines) is 1. The molecule has 11 heteroatoms. The second-order valence-electron chi connectivity index (χ2n) is 7.34. The second-order valence-corrected chi connectivity index (χ2v) is 8.45. The largest absolute Gasteiger partial charge is 0.446 e. The number of nitrogens with zero attached hydrogens (tertiary/aromatic N) is 1. The van der Waals surface area contributed by atoms with E-state index in [1.54, 1.807) is 6.92 Å². The molecular weight excluding hydrogens is 424 g/mol. The van der Waals surface area contributed by atoms with Crippen LogP contribution >= 0.6 is 11.8 Å². The van der Waals surface area contributed by atoms with Gasteiger partial charge in [0.2, 0.25) is 11.8 Å². The molecule has 166 valence electrons. The Labute approximate surface area is 176 Å². The van der Waals surface area contributed by atoms with Crippen LogP contribution in [0.4, 0.5) is 17.6 Å². The molecule has 0 radical (unpaired) electrons. The van der Waals surface area contributed by atoms with E-state index in [1.165, 1.54) is 6.07 Å². The molecule has 0 aliphatic carbocycles. The summed E-state index contributed by atoms with van der Waals surface area (Å²) in [6.07, 6.45) is 2.02. The van der Waals surface area contributed by atoms with Crippen molar-refractivity contribution in [1.82, 2.24) is 20.9 Å². The molecular formula is C19H24F4N4O2S. The Kier molecular flexibility index (Phi) is 7.25. The van der Waals surface area contributed by atoms with Gasteiger partial charge in [0.1, 0.15) is 12.1 Å². The van der Waals surface area contributed by atoms with Crippen LogP contribution in [0.3, 0.4) is 0 Å². The third kappa shape index (κ3) is 5.86. The van der Waals surface area contributed by atoms with Crippen LogP contribution in [-0.4, -0.2) is 47.6 Å². The molecule has 6 nitrogen and oxygen atoms in total. The summed E-state index contributed by atoms with van der Waals surface area (Å²) in [5, 5.41) is 8.74. The van der Waals surface area contributed by atoms with Crippen LogP contribution in [0.25, 0.3) is 0 Å². The van der Waals surface area contributed by atoms with Crippen LogP contribution < -0.4 is 16.0 Å². The standard InChI is InChI=1S/C19H24F4N4O2S/c1-2-13(11-5-6-15(12(20)9-11)30-19(21,22)23)24-17(29)14-10-16(28)26-18(25-14)27-7-3-4-8-27/h5-6,9,13-14,18,25H,2-4,7-8,10H2,1H3,(H,24,29)(H,26,28)/t13-,14?,18?/m1/s1. The number of nitrogens with one attached hydrogen (secondary N) is 3. The molecule has 2 amide bonds. The fourth-order valence-electron chi connectivity index (χ4n) is 3.69. The highest BCUT2D eigenvalue weighted by Crippen LogP contribution is 2.38. The SMILES string of the molecule is CC[C@@H](NC(=O)C1CC(=O)NC(N2CCCC2)N1)c1ccc(SC(F)(F)F)c(F)c1. The number of hydrogen-bond donors (Lipinski definition) is 3. The van der Waals surface area contributed by atoms with Crippen molar-refractivity contribution in [3.05, 3.63) is 29.6 Å². The predicted octanol–water partition coefficient (Wildman–Crippen LogP) is 2.86. The average molecular weight is 448 g/mol. The van der Waals surface area contributed by atoms with Gasteiger partial charge < -0.3 is 10.6 Å². The zero-order valence-corrected chi connectivity index (χ0v) is 17.2. The second kappa shape index (κ2) is 9.52. The number of benzene rings is 1. The van der Waals surface area contributed by atoms with Gasteiger partial charge in [-0.25, -0.2) is 4.39 Å². The lowest BCUT2D eigenvalue weighted by atomic mass is 10.0. The molecule has 2 aliphatic heterocycles. The normalized spacial score (nSPS) is 23.8. The van der Waals surface area contributed by atoms with Crippen molar-refractivity contribution in [1.29, 1.82) is 0 Å². The Hall–Kier alpha value is -1.85. The lowest BCUT2D eigenvalue weighted by Gasteiger charge is -2.36. The Bertz CT molecular complexity index is 786. The van der Waals surface area contributed by atoms with Gasteiger partial charge in [0.25, 0.3) is 0 Å². The summed E-state index contributed by atoms with van der Waals surface area (Å²) in [6.45, 7) is 3.42. The number of thioether (sulfide) groups is 1. The molecule has 0 spiro atoms. The van der Waals surface area contributed by atoms with Crippen LogP contribution in [0.15, 0.2) is 23.1 Å². The fourth-order valence-corrected chi connectivity index (χ4v) is 4.23. The van der Waals surface area contributed by atoms with Gasteiger partial charge in [0, 0.05) is 13.1 Å².